The number of nitrogens with two attached hydrogens (primary N) is 1. The van der Waals surface area contributed by atoms with Gasteiger partial charge in [0, 0.05) is 43.9 Å². The van der Waals surface area contributed by atoms with Crippen LogP contribution in [0.2, 0.25) is 0 Å². The Bertz CT molecular complexity index is 1220. The molecule has 0 saturated carbocycles. The van der Waals surface area contributed by atoms with Crippen molar-refractivity contribution in [3.63, 3.8) is 0 Å². The van der Waals surface area contributed by atoms with Crippen LogP contribution < -0.4 is 26.8 Å². The van der Waals surface area contributed by atoms with E-state index in [0.717, 1.165) is 10.8 Å². The third-order valence-corrected chi connectivity index (χ3v) is 5.90. The van der Waals surface area contributed by atoms with Crippen LogP contribution in [-0.2, 0) is 0 Å². The van der Waals surface area contributed by atoms with E-state index >= 15 is 0 Å². The number of urea groups is 1. The number of piperazine rings is 1. The number of nitrogens with zero attached hydrogens (tertiary/aromatic N) is 2. The second-order valence-corrected chi connectivity index (χ2v) is 8.00. The first kappa shape index (κ1) is 23.1. The lowest BCUT2D eigenvalue weighted by Crippen LogP contribution is -2.49. The second-order valence-electron chi connectivity index (χ2n) is 8.00. The van der Waals surface area contributed by atoms with Gasteiger partial charge in [-0.3, -0.25) is 15.0 Å². The van der Waals surface area contributed by atoms with E-state index in [1.54, 1.807) is 18.2 Å². The molecule has 0 aromatic heterocycles. The fraction of sp³-hybridized carbons (Fsp3) is 0.240. The molecule has 0 spiro atoms. The minimum absolute atomic E-state index is 0.00613. The van der Waals surface area contributed by atoms with E-state index in [4.69, 9.17) is 5.84 Å². The van der Waals surface area contributed by atoms with Gasteiger partial charge in [0.15, 0.2) is 0 Å². The van der Waals surface area contributed by atoms with Gasteiger partial charge in [-0.1, -0.05) is 36.4 Å². The van der Waals surface area contributed by atoms with Crippen LogP contribution in [0.5, 0.6) is 0 Å². The van der Waals surface area contributed by atoms with Crippen molar-refractivity contribution in [2.75, 3.05) is 42.9 Å². The maximum Gasteiger partial charge on any atom is 0.319 e. The zero-order chi connectivity index (χ0) is 24.1. The van der Waals surface area contributed by atoms with Crippen molar-refractivity contribution in [2.24, 2.45) is 5.84 Å². The minimum atomic E-state index is -0.421. The van der Waals surface area contributed by atoms with Gasteiger partial charge in [-0.2, -0.15) is 0 Å². The number of hydrogen-bond acceptors (Lipinski definition) is 5. The number of hydrogen-bond donors (Lipinski definition) is 4. The van der Waals surface area contributed by atoms with E-state index < -0.39 is 5.91 Å². The van der Waals surface area contributed by atoms with E-state index in [0.29, 0.717) is 55.2 Å². The Morgan fingerprint density at radius 1 is 0.941 bits per heavy atom. The number of nitrogens with one attached hydrogen (secondary N) is 3. The molecule has 34 heavy (non-hydrogen) atoms. The van der Waals surface area contributed by atoms with Crippen molar-refractivity contribution >= 4 is 40.0 Å². The molecule has 0 unspecified atom stereocenters. The standard InChI is InChI=1S/C25H28N6O3/c1-2-27-25(34)28-21-11-10-18(23(32)29-26)16-22(21)30-12-14-31(15-13-30)24(33)20-9-5-7-17-6-3-4-8-19(17)20/h3-11,16H,2,12-15,26H2,1H3,(H,29,32)(H2,27,28,34). The third-order valence-electron chi connectivity index (χ3n) is 5.90. The van der Waals surface area contributed by atoms with Crippen molar-refractivity contribution < 1.29 is 14.4 Å². The van der Waals surface area contributed by atoms with Gasteiger partial charge in [0.05, 0.1) is 11.4 Å². The van der Waals surface area contributed by atoms with Crippen molar-refractivity contribution in [3.05, 3.63) is 71.8 Å². The molecule has 4 rings (SSSR count). The van der Waals surface area contributed by atoms with Crippen LogP contribution in [0.25, 0.3) is 10.8 Å². The van der Waals surface area contributed by atoms with Gasteiger partial charge < -0.3 is 20.4 Å². The molecule has 1 fully saturated rings. The molecule has 3 aromatic carbocycles. The third kappa shape index (κ3) is 4.79. The van der Waals surface area contributed by atoms with Gasteiger partial charge >= 0.3 is 6.03 Å². The quantitative estimate of drug-likeness (QED) is 0.265. The molecule has 3 aromatic rings. The molecule has 1 aliphatic heterocycles. The number of carbonyl (C=O) groups excluding carboxylic acids is 3. The summed E-state index contributed by atoms with van der Waals surface area (Å²) in [5.41, 5.74) is 4.48. The number of rotatable bonds is 5. The van der Waals surface area contributed by atoms with Crippen LogP contribution in [-0.4, -0.2) is 55.5 Å². The maximum atomic E-state index is 13.3. The lowest BCUT2D eigenvalue weighted by Gasteiger charge is -2.37. The van der Waals surface area contributed by atoms with Gasteiger partial charge in [-0.05, 0) is 42.0 Å². The maximum absolute atomic E-state index is 13.3. The van der Waals surface area contributed by atoms with Crippen LogP contribution in [0.15, 0.2) is 60.7 Å². The number of carbonyl (C=O) groups is 3. The van der Waals surface area contributed by atoms with Gasteiger partial charge in [0.1, 0.15) is 0 Å². The SMILES string of the molecule is CCNC(=O)Nc1ccc(C(=O)NN)cc1N1CCN(C(=O)c2cccc3ccccc23)CC1. The molecule has 0 bridgehead atoms. The molecule has 0 radical (unpaired) electrons. The topological polar surface area (TPSA) is 120 Å². The summed E-state index contributed by atoms with van der Waals surface area (Å²) in [5.74, 6) is 4.87. The predicted molar refractivity (Wildman–Crippen MR) is 133 cm³/mol. The second kappa shape index (κ2) is 10.2. The van der Waals surface area contributed by atoms with Crippen LogP contribution in [0.4, 0.5) is 16.2 Å². The van der Waals surface area contributed by atoms with Crippen molar-refractivity contribution in [1.82, 2.24) is 15.6 Å². The van der Waals surface area contributed by atoms with E-state index in [9.17, 15) is 14.4 Å². The summed E-state index contributed by atoms with van der Waals surface area (Å²) in [4.78, 5) is 41.4. The van der Waals surface area contributed by atoms with E-state index in [2.05, 4.69) is 21.0 Å². The summed E-state index contributed by atoms with van der Waals surface area (Å²) in [6.07, 6.45) is 0. The molecule has 176 valence electrons. The van der Waals surface area contributed by atoms with Gasteiger partial charge in [-0.15, -0.1) is 0 Å². The number of hydrazine groups is 1. The summed E-state index contributed by atoms with van der Waals surface area (Å²) in [7, 11) is 0. The minimum Gasteiger partial charge on any atom is -0.366 e. The van der Waals surface area contributed by atoms with Crippen molar-refractivity contribution in [3.8, 4) is 0 Å². The molecule has 4 amide bonds. The molecule has 9 heteroatoms. The fourth-order valence-corrected chi connectivity index (χ4v) is 4.18. The Labute approximate surface area is 197 Å². The van der Waals surface area contributed by atoms with Crippen LogP contribution >= 0.6 is 0 Å². The van der Waals surface area contributed by atoms with Gasteiger partial charge in [0.2, 0.25) is 0 Å². The fourth-order valence-electron chi connectivity index (χ4n) is 4.18. The molecule has 1 heterocycles. The van der Waals surface area contributed by atoms with Gasteiger partial charge in [0.25, 0.3) is 11.8 Å². The Balaban J connectivity index is 1.54. The molecule has 1 aliphatic rings. The summed E-state index contributed by atoms with van der Waals surface area (Å²) in [6, 6.07) is 18.3. The molecular weight excluding hydrogens is 432 g/mol. The molecule has 0 aliphatic carbocycles. The van der Waals surface area contributed by atoms with E-state index in [1.807, 2.05) is 54.3 Å². The summed E-state index contributed by atoms with van der Waals surface area (Å²) < 4.78 is 0. The molecule has 5 N–H and O–H groups in total. The highest BCUT2D eigenvalue weighted by Crippen LogP contribution is 2.29. The smallest absolute Gasteiger partial charge is 0.319 e. The number of anilines is 2. The summed E-state index contributed by atoms with van der Waals surface area (Å²) >= 11 is 0. The van der Waals surface area contributed by atoms with Crippen molar-refractivity contribution in [2.45, 2.75) is 6.92 Å². The molecule has 9 nitrogen and oxygen atoms in total. The van der Waals surface area contributed by atoms with Crippen LogP contribution in [0, 0.1) is 0 Å². The first-order valence-electron chi connectivity index (χ1n) is 11.2. The van der Waals surface area contributed by atoms with Crippen molar-refractivity contribution in [1.29, 1.82) is 0 Å². The van der Waals surface area contributed by atoms with Gasteiger partial charge in [-0.25, -0.2) is 10.6 Å². The Kier molecular flexibility index (Phi) is 6.93. The number of amides is 4. The number of benzene rings is 3. The molecule has 0 atom stereocenters. The zero-order valence-corrected chi connectivity index (χ0v) is 19.0. The lowest BCUT2D eigenvalue weighted by molar-refractivity contribution is 0.0748. The summed E-state index contributed by atoms with van der Waals surface area (Å²) in [5, 5.41) is 7.51. The average Bonchev–Trinajstić information content (AvgIpc) is 2.88. The first-order chi connectivity index (χ1) is 16.5. The number of fused-ring (bicyclic) bond motifs is 1. The Morgan fingerprint density at radius 2 is 1.68 bits per heavy atom. The molecule has 1 saturated heterocycles. The zero-order valence-electron chi connectivity index (χ0n) is 19.0. The Morgan fingerprint density at radius 3 is 2.41 bits per heavy atom. The van der Waals surface area contributed by atoms with E-state index in [1.165, 1.54) is 0 Å². The monoisotopic (exact) mass is 460 g/mol. The lowest BCUT2D eigenvalue weighted by atomic mass is 10.0. The van der Waals surface area contributed by atoms with Crippen LogP contribution in [0.3, 0.4) is 0 Å². The first-order valence-corrected chi connectivity index (χ1v) is 11.2. The van der Waals surface area contributed by atoms with E-state index in [-0.39, 0.29) is 11.9 Å². The highest BCUT2D eigenvalue weighted by molar-refractivity contribution is 6.07. The molecular formula is C25H28N6O3. The Hall–Kier alpha value is -4.11. The largest absolute Gasteiger partial charge is 0.366 e. The number of nitrogen functional groups attached to an aromatic ring is 1. The summed E-state index contributed by atoms with van der Waals surface area (Å²) in [6.45, 7) is 4.44. The van der Waals surface area contributed by atoms with Crippen LogP contribution in [0.1, 0.15) is 27.6 Å². The normalized spacial score (nSPS) is 13.5. The highest BCUT2D eigenvalue weighted by atomic mass is 16.2. The highest BCUT2D eigenvalue weighted by Gasteiger charge is 2.25. The predicted octanol–water partition coefficient (Wildman–Crippen LogP) is 2.55. The average molecular weight is 461 g/mol.